The van der Waals surface area contributed by atoms with Gasteiger partial charge in [0, 0.05) is 4.90 Å². The van der Waals surface area contributed by atoms with Crippen molar-refractivity contribution in [3.05, 3.63) is 24.0 Å². The fourth-order valence-electron chi connectivity index (χ4n) is 0.853. The van der Waals surface area contributed by atoms with Gasteiger partial charge in [-0.25, -0.2) is 4.39 Å². The minimum absolute atomic E-state index is 0.223. The number of nitrogens with zero attached hydrogens (tertiary/aromatic N) is 1. The van der Waals surface area contributed by atoms with Crippen LogP contribution in [0.5, 0.6) is 5.75 Å². The fraction of sp³-hybridized carbons (Fsp3) is 0.222. The molecule has 0 aliphatic rings. The van der Waals surface area contributed by atoms with E-state index in [0.717, 1.165) is 4.90 Å². The highest BCUT2D eigenvalue weighted by atomic mass is 32.2. The van der Waals surface area contributed by atoms with Crippen molar-refractivity contribution in [3.8, 4) is 11.8 Å². The number of hydrogen-bond donors (Lipinski definition) is 0. The number of ether oxygens (including phenoxy) is 1. The molecule has 0 fully saturated rings. The summed E-state index contributed by atoms with van der Waals surface area (Å²) in [6, 6.07) is 6.61. The number of thioether (sulfide) groups is 1. The van der Waals surface area contributed by atoms with Crippen LogP contribution in [0, 0.1) is 17.1 Å². The van der Waals surface area contributed by atoms with Crippen LogP contribution in [0.1, 0.15) is 0 Å². The Morgan fingerprint density at radius 1 is 1.62 bits per heavy atom. The first-order valence-corrected chi connectivity index (χ1v) is 4.59. The Balaban J connectivity index is 2.78. The van der Waals surface area contributed by atoms with Gasteiger partial charge < -0.3 is 4.74 Å². The van der Waals surface area contributed by atoms with E-state index in [1.807, 2.05) is 6.07 Å². The molecule has 1 rings (SSSR count). The van der Waals surface area contributed by atoms with E-state index in [2.05, 4.69) is 0 Å². The van der Waals surface area contributed by atoms with Gasteiger partial charge in [-0.1, -0.05) is 0 Å². The SMILES string of the molecule is COc1ccc(SCC#N)cc1F. The third-order valence-electron chi connectivity index (χ3n) is 1.43. The van der Waals surface area contributed by atoms with Gasteiger partial charge in [0.25, 0.3) is 0 Å². The highest BCUT2D eigenvalue weighted by Gasteiger charge is 2.02. The molecule has 68 valence electrons. The van der Waals surface area contributed by atoms with Crippen molar-refractivity contribution in [3.63, 3.8) is 0 Å². The summed E-state index contributed by atoms with van der Waals surface area (Å²) in [6.07, 6.45) is 0. The Labute approximate surface area is 80.3 Å². The predicted molar refractivity (Wildman–Crippen MR) is 49.3 cm³/mol. The van der Waals surface area contributed by atoms with Crippen LogP contribution < -0.4 is 4.74 Å². The van der Waals surface area contributed by atoms with Crippen molar-refractivity contribution in [2.75, 3.05) is 12.9 Å². The van der Waals surface area contributed by atoms with Crippen LogP contribution in [-0.2, 0) is 0 Å². The average molecular weight is 197 g/mol. The standard InChI is InChI=1S/C9H8FNOS/c1-12-9-3-2-7(6-8(9)10)13-5-4-11/h2-3,6H,5H2,1H3. The number of methoxy groups -OCH3 is 1. The van der Waals surface area contributed by atoms with Crippen LogP contribution >= 0.6 is 11.8 Å². The van der Waals surface area contributed by atoms with E-state index in [1.165, 1.54) is 24.9 Å². The Hall–Kier alpha value is -1.21. The Morgan fingerprint density at radius 3 is 2.92 bits per heavy atom. The Morgan fingerprint density at radius 2 is 2.38 bits per heavy atom. The highest BCUT2D eigenvalue weighted by Crippen LogP contribution is 2.24. The zero-order chi connectivity index (χ0) is 9.68. The van der Waals surface area contributed by atoms with Crippen LogP contribution in [0.4, 0.5) is 4.39 Å². The van der Waals surface area contributed by atoms with E-state index in [4.69, 9.17) is 10.00 Å². The second-order valence-electron chi connectivity index (χ2n) is 2.24. The molecule has 0 saturated carbocycles. The molecular weight excluding hydrogens is 189 g/mol. The first-order valence-electron chi connectivity index (χ1n) is 3.61. The van der Waals surface area contributed by atoms with Gasteiger partial charge in [-0.05, 0) is 18.2 Å². The molecule has 0 unspecified atom stereocenters. The lowest BCUT2D eigenvalue weighted by atomic mass is 10.3. The van der Waals surface area contributed by atoms with Gasteiger partial charge in [0.2, 0.25) is 0 Å². The summed E-state index contributed by atoms with van der Waals surface area (Å²) < 4.78 is 17.8. The third kappa shape index (κ3) is 2.63. The van der Waals surface area contributed by atoms with Crippen LogP contribution in [0.25, 0.3) is 0 Å². The predicted octanol–water partition coefficient (Wildman–Crippen LogP) is 2.45. The molecule has 0 heterocycles. The number of rotatable bonds is 3. The van der Waals surface area contributed by atoms with Crippen LogP contribution in [0.2, 0.25) is 0 Å². The van der Waals surface area contributed by atoms with Crippen LogP contribution in [0.3, 0.4) is 0 Å². The van der Waals surface area contributed by atoms with Gasteiger partial charge in [0.05, 0.1) is 18.9 Å². The minimum Gasteiger partial charge on any atom is -0.494 e. The van der Waals surface area contributed by atoms with Crippen molar-refractivity contribution in [2.24, 2.45) is 0 Å². The molecule has 13 heavy (non-hydrogen) atoms. The molecule has 0 atom stereocenters. The lowest BCUT2D eigenvalue weighted by Crippen LogP contribution is -1.87. The molecule has 1 aromatic carbocycles. The van der Waals surface area contributed by atoms with E-state index in [-0.39, 0.29) is 5.75 Å². The molecular formula is C9H8FNOS. The maximum Gasteiger partial charge on any atom is 0.166 e. The van der Waals surface area contributed by atoms with E-state index < -0.39 is 5.82 Å². The quantitative estimate of drug-likeness (QED) is 0.698. The second-order valence-corrected chi connectivity index (χ2v) is 3.29. The summed E-state index contributed by atoms with van der Waals surface area (Å²) in [7, 11) is 1.42. The van der Waals surface area contributed by atoms with Crippen molar-refractivity contribution < 1.29 is 9.13 Å². The fourth-order valence-corrected chi connectivity index (χ4v) is 1.43. The van der Waals surface area contributed by atoms with Gasteiger partial charge in [-0.15, -0.1) is 11.8 Å². The summed E-state index contributed by atoms with van der Waals surface area (Å²) in [5.74, 6) is 0.151. The van der Waals surface area contributed by atoms with Crippen LogP contribution in [-0.4, -0.2) is 12.9 Å². The van der Waals surface area contributed by atoms with Gasteiger partial charge in [0.1, 0.15) is 0 Å². The summed E-state index contributed by atoms with van der Waals surface area (Å²) in [5.41, 5.74) is 0. The molecule has 2 nitrogen and oxygen atoms in total. The highest BCUT2D eigenvalue weighted by molar-refractivity contribution is 7.99. The van der Waals surface area contributed by atoms with Crippen molar-refractivity contribution in [1.29, 1.82) is 5.26 Å². The molecule has 0 N–H and O–H groups in total. The van der Waals surface area contributed by atoms with E-state index in [0.29, 0.717) is 5.75 Å². The average Bonchev–Trinajstić information content (AvgIpc) is 2.15. The monoisotopic (exact) mass is 197 g/mol. The second kappa shape index (κ2) is 4.73. The summed E-state index contributed by atoms with van der Waals surface area (Å²) in [6.45, 7) is 0. The Kier molecular flexibility index (Phi) is 3.59. The van der Waals surface area contributed by atoms with E-state index in [9.17, 15) is 4.39 Å². The maximum absolute atomic E-state index is 13.1. The minimum atomic E-state index is -0.398. The van der Waals surface area contributed by atoms with E-state index in [1.54, 1.807) is 12.1 Å². The van der Waals surface area contributed by atoms with Crippen molar-refractivity contribution in [1.82, 2.24) is 0 Å². The lowest BCUT2D eigenvalue weighted by molar-refractivity contribution is 0.385. The van der Waals surface area contributed by atoms with Gasteiger partial charge in [0.15, 0.2) is 11.6 Å². The molecule has 0 spiro atoms. The third-order valence-corrected chi connectivity index (χ3v) is 2.29. The molecule has 0 amide bonds. The molecule has 0 bridgehead atoms. The normalized spacial score (nSPS) is 9.31. The Bertz CT molecular complexity index is 335. The topological polar surface area (TPSA) is 33.0 Å². The number of hydrogen-bond acceptors (Lipinski definition) is 3. The molecule has 4 heteroatoms. The molecule has 0 aromatic heterocycles. The molecule has 1 aromatic rings. The van der Waals surface area contributed by atoms with Crippen LogP contribution in [0.15, 0.2) is 23.1 Å². The lowest BCUT2D eigenvalue weighted by Gasteiger charge is -2.02. The summed E-state index contributed by atoms with van der Waals surface area (Å²) >= 11 is 1.30. The number of benzene rings is 1. The van der Waals surface area contributed by atoms with Crippen molar-refractivity contribution in [2.45, 2.75) is 4.90 Å². The molecule has 0 aliphatic carbocycles. The first-order chi connectivity index (χ1) is 6.27. The smallest absolute Gasteiger partial charge is 0.166 e. The summed E-state index contributed by atoms with van der Waals surface area (Å²) in [5, 5.41) is 8.31. The maximum atomic E-state index is 13.1. The molecule has 0 saturated heterocycles. The van der Waals surface area contributed by atoms with Gasteiger partial charge >= 0.3 is 0 Å². The zero-order valence-electron chi connectivity index (χ0n) is 7.08. The summed E-state index contributed by atoms with van der Waals surface area (Å²) in [4.78, 5) is 0.736. The molecule has 0 aliphatic heterocycles. The van der Waals surface area contributed by atoms with Crippen molar-refractivity contribution >= 4 is 11.8 Å². The number of nitriles is 1. The molecule has 0 radical (unpaired) electrons. The zero-order valence-corrected chi connectivity index (χ0v) is 7.90. The van der Waals surface area contributed by atoms with E-state index >= 15 is 0 Å². The largest absolute Gasteiger partial charge is 0.494 e. The first kappa shape index (κ1) is 9.87. The number of halogens is 1. The van der Waals surface area contributed by atoms with Gasteiger partial charge in [-0.3, -0.25) is 0 Å². The van der Waals surface area contributed by atoms with Gasteiger partial charge in [-0.2, -0.15) is 5.26 Å².